The zero-order valence-corrected chi connectivity index (χ0v) is 18.0. The van der Waals surface area contributed by atoms with Crippen molar-refractivity contribution in [2.75, 3.05) is 26.1 Å². The van der Waals surface area contributed by atoms with Gasteiger partial charge in [0.2, 0.25) is 0 Å². The predicted molar refractivity (Wildman–Crippen MR) is 114 cm³/mol. The van der Waals surface area contributed by atoms with Crippen molar-refractivity contribution >= 4 is 23.5 Å². The molecule has 2 amide bonds. The molecule has 3 aromatic rings. The lowest BCUT2D eigenvalue weighted by Crippen LogP contribution is -2.30. The molecule has 0 unspecified atom stereocenters. The first-order chi connectivity index (χ1) is 16.1. The molecule has 1 aromatic heterocycles. The summed E-state index contributed by atoms with van der Waals surface area (Å²) in [6.45, 7) is -0.290. The third kappa shape index (κ3) is 5.71. The van der Waals surface area contributed by atoms with Gasteiger partial charge in [-0.05, 0) is 42.5 Å². The number of amides is 2. The number of ether oxygens (including phenoxy) is 2. The van der Waals surface area contributed by atoms with Crippen LogP contribution in [0.2, 0.25) is 0 Å². The van der Waals surface area contributed by atoms with Gasteiger partial charge in [-0.2, -0.15) is 18.3 Å². The molecule has 0 radical (unpaired) electrons. The Balaban J connectivity index is 1.75. The van der Waals surface area contributed by atoms with Crippen LogP contribution in [0.15, 0.2) is 54.7 Å². The second-order valence-electron chi connectivity index (χ2n) is 6.83. The Morgan fingerprint density at radius 3 is 2.35 bits per heavy atom. The molecule has 2 N–H and O–H groups in total. The lowest BCUT2D eigenvalue weighted by atomic mass is 10.2. The van der Waals surface area contributed by atoms with Crippen molar-refractivity contribution in [1.29, 1.82) is 0 Å². The van der Waals surface area contributed by atoms with Gasteiger partial charge in [-0.15, -0.1) is 0 Å². The summed E-state index contributed by atoms with van der Waals surface area (Å²) in [5.74, 6) is -1.74. The second-order valence-corrected chi connectivity index (χ2v) is 6.83. The molecule has 0 aliphatic heterocycles. The topological polar surface area (TPSA) is 112 Å². The van der Waals surface area contributed by atoms with Gasteiger partial charge in [0.1, 0.15) is 6.54 Å². The lowest BCUT2D eigenvalue weighted by Gasteiger charge is -2.08. The number of nitrogens with zero attached hydrogens (tertiary/aromatic N) is 2. The number of methoxy groups -OCH3 is 2. The number of hydrogen-bond donors (Lipinski definition) is 2. The van der Waals surface area contributed by atoms with Gasteiger partial charge in [-0.1, -0.05) is 6.07 Å². The van der Waals surface area contributed by atoms with Crippen molar-refractivity contribution in [3.05, 3.63) is 71.5 Å². The summed E-state index contributed by atoms with van der Waals surface area (Å²) in [6, 6.07) is 10.3. The summed E-state index contributed by atoms with van der Waals surface area (Å²) in [4.78, 5) is 35.8. The first-order valence-corrected chi connectivity index (χ1v) is 9.70. The van der Waals surface area contributed by atoms with Crippen molar-refractivity contribution in [3.8, 4) is 11.4 Å². The molecular formula is C22H19F3N4O5. The number of alkyl halides is 3. The molecule has 0 spiro atoms. The molecule has 0 bridgehead atoms. The summed E-state index contributed by atoms with van der Waals surface area (Å²) in [5.41, 5.74) is -0.353. The molecule has 0 aliphatic rings. The molecule has 0 saturated heterocycles. The number of esters is 1. The highest BCUT2D eigenvalue weighted by Crippen LogP contribution is 2.31. The number of halogens is 3. The van der Waals surface area contributed by atoms with E-state index < -0.39 is 29.5 Å². The summed E-state index contributed by atoms with van der Waals surface area (Å²) in [7, 11) is 2.50. The van der Waals surface area contributed by atoms with Gasteiger partial charge < -0.3 is 20.1 Å². The van der Waals surface area contributed by atoms with E-state index in [-0.39, 0.29) is 29.2 Å². The number of hydrogen-bond acceptors (Lipinski definition) is 6. The molecule has 12 heteroatoms. The second kappa shape index (κ2) is 10.1. The summed E-state index contributed by atoms with van der Waals surface area (Å²) in [5, 5.41) is 9.03. The van der Waals surface area contributed by atoms with Gasteiger partial charge in [0, 0.05) is 11.3 Å². The number of carbonyl (C=O) groups excluding carboxylic acids is 3. The number of anilines is 1. The lowest BCUT2D eigenvalue weighted by molar-refractivity contribution is -0.139. The maximum Gasteiger partial charge on any atom is 0.416 e. The first kappa shape index (κ1) is 24.3. The van der Waals surface area contributed by atoms with E-state index in [4.69, 9.17) is 4.74 Å². The maximum absolute atomic E-state index is 13.0. The highest BCUT2D eigenvalue weighted by Gasteiger charge is 2.30. The number of nitrogens with one attached hydrogen (secondary N) is 2. The Bertz CT molecular complexity index is 1210. The highest BCUT2D eigenvalue weighted by atomic mass is 19.4. The largest absolute Gasteiger partial charge is 0.493 e. The number of carbonyl (C=O) groups is 3. The van der Waals surface area contributed by atoms with E-state index in [1.807, 2.05) is 0 Å². The third-order valence-electron chi connectivity index (χ3n) is 4.58. The quantitative estimate of drug-likeness (QED) is 0.507. The van der Waals surface area contributed by atoms with Crippen LogP contribution >= 0.6 is 0 Å². The molecule has 9 nitrogen and oxygen atoms in total. The van der Waals surface area contributed by atoms with E-state index in [1.165, 1.54) is 56.8 Å². The van der Waals surface area contributed by atoms with Gasteiger partial charge in [0.15, 0.2) is 11.4 Å². The Morgan fingerprint density at radius 1 is 1.03 bits per heavy atom. The Morgan fingerprint density at radius 2 is 1.74 bits per heavy atom. The van der Waals surface area contributed by atoms with Crippen molar-refractivity contribution in [2.45, 2.75) is 6.18 Å². The normalized spacial score (nSPS) is 11.0. The minimum atomic E-state index is -4.53. The predicted octanol–water partition coefficient (Wildman–Crippen LogP) is 3.05. The van der Waals surface area contributed by atoms with Gasteiger partial charge in [-0.3, -0.25) is 14.4 Å². The molecule has 0 saturated carbocycles. The summed E-state index contributed by atoms with van der Waals surface area (Å²) < 4.78 is 49.7. The molecular weight excluding hydrogens is 457 g/mol. The van der Waals surface area contributed by atoms with E-state index in [0.717, 1.165) is 16.8 Å². The van der Waals surface area contributed by atoms with E-state index in [1.54, 1.807) is 0 Å². The maximum atomic E-state index is 13.0. The van der Waals surface area contributed by atoms with E-state index in [0.29, 0.717) is 5.69 Å². The van der Waals surface area contributed by atoms with E-state index in [9.17, 15) is 27.6 Å². The van der Waals surface area contributed by atoms with Gasteiger partial charge in [0.25, 0.3) is 11.8 Å². The van der Waals surface area contributed by atoms with Gasteiger partial charge in [-0.25, -0.2) is 4.68 Å². The minimum absolute atomic E-state index is 0.0497. The SMILES string of the molecule is COC(=O)CNC(=O)c1ccc(NC(=O)c2nn(-c3cccc(C(F)(F)F)c3)cc2OC)cc1. The van der Waals surface area contributed by atoms with Crippen LogP contribution in [0.1, 0.15) is 26.4 Å². The van der Waals surface area contributed by atoms with Crippen LogP contribution in [-0.2, 0) is 15.7 Å². The van der Waals surface area contributed by atoms with Crippen molar-refractivity contribution in [1.82, 2.24) is 15.1 Å². The minimum Gasteiger partial charge on any atom is -0.493 e. The molecule has 0 atom stereocenters. The zero-order valence-electron chi connectivity index (χ0n) is 18.0. The van der Waals surface area contributed by atoms with Crippen LogP contribution in [-0.4, -0.2) is 48.3 Å². The van der Waals surface area contributed by atoms with Crippen molar-refractivity contribution in [3.63, 3.8) is 0 Å². The van der Waals surface area contributed by atoms with Gasteiger partial charge >= 0.3 is 12.1 Å². The fraction of sp³-hybridized carbons (Fsp3) is 0.182. The molecule has 0 fully saturated rings. The Labute approximate surface area is 191 Å². The number of rotatable bonds is 7. The molecule has 0 aliphatic carbocycles. The average Bonchev–Trinajstić information content (AvgIpc) is 3.27. The smallest absolute Gasteiger partial charge is 0.416 e. The summed E-state index contributed by atoms with van der Waals surface area (Å²) in [6.07, 6.45) is -3.24. The Kier molecular flexibility index (Phi) is 7.19. The number of aromatic nitrogens is 2. The monoisotopic (exact) mass is 476 g/mol. The van der Waals surface area contributed by atoms with Crippen molar-refractivity contribution in [2.24, 2.45) is 0 Å². The van der Waals surface area contributed by atoms with E-state index >= 15 is 0 Å². The zero-order chi connectivity index (χ0) is 24.9. The standard InChI is InChI=1S/C22H19F3N4O5/c1-33-17-12-29(16-5-3-4-14(10-16)22(23,24)25)28-19(17)21(32)27-15-8-6-13(7-9-15)20(31)26-11-18(30)34-2/h3-10,12H,11H2,1-2H3,(H,26,31)(H,27,32). The van der Waals surface area contributed by atoms with Crippen LogP contribution < -0.4 is 15.4 Å². The Hall–Kier alpha value is -4.35. The third-order valence-corrected chi connectivity index (χ3v) is 4.58. The summed E-state index contributed by atoms with van der Waals surface area (Å²) >= 11 is 0. The van der Waals surface area contributed by atoms with Crippen LogP contribution in [0.4, 0.5) is 18.9 Å². The van der Waals surface area contributed by atoms with E-state index in [2.05, 4.69) is 20.5 Å². The highest BCUT2D eigenvalue weighted by molar-refractivity contribution is 6.05. The van der Waals surface area contributed by atoms with Crippen LogP contribution in [0.3, 0.4) is 0 Å². The fourth-order valence-corrected chi connectivity index (χ4v) is 2.84. The molecule has 178 valence electrons. The molecule has 2 aromatic carbocycles. The van der Waals surface area contributed by atoms with Crippen LogP contribution in [0, 0.1) is 0 Å². The molecule has 34 heavy (non-hydrogen) atoms. The van der Waals surface area contributed by atoms with Crippen LogP contribution in [0.25, 0.3) is 5.69 Å². The first-order valence-electron chi connectivity index (χ1n) is 9.70. The fourth-order valence-electron chi connectivity index (χ4n) is 2.84. The molecule has 3 rings (SSSR count). The van der Waals surface area contributed by atoms with Crippen molar-refractivity contribution < 1.29 is 37.0 Å². The van der Waals surface area contributed by atoms with Gasteiger partial charge in [0.05, 0.1) is 31.7 Å². The molecule has 1 heterocycles. The average molecular weight is 476 g/mol. The van der Waals surface area contributed by atoms with Crippen LogP contribution in [0.5, 0.6) is 5.75 Å². The number of benzene rings is 2.